The van der Waals surface area contributed by atoms with E-state index >= 15 is 0 Å². The summed E-state index contributed by atoms with van der Waals surface area (Å²) in [5.74, 6) is 1.17. The van der Waals surface area contributed by atoms with Crippen molar-refractivity contribution in [1.29, 1.82) is 0 Å². The van der Waals surface area contributed by atoms with Crippen LogP contribution in [-0.2, 0) is 4.79 Å². The Hall–Kier alpha value is -4.05. The first-order valence-corrected chi connectivity index (χ1v) is 10.6. The second kappa shape index (κ2) is 8.23. The molecule has 0 atom stereocenters. The number of hydrogen-bond donors (Lipinski definition) is 2. The molecule has 4 heteroatoms. The summed E-state index contributed by atoms with van der Waals surface area (Å²) in [4.78, 5) is 10.8. The molecule has 0 aliphatic heterocycles. The van der Waals surface area contributed by atoms with Gasteiger partial charge in [0.25, 0.3) is 0 Å². The third kappa shape index (κ3) is 4.08. The van der Waals surface area contributed by atoms with Crippen molar-refractivity contribution in [3.05, 3.63) is 96.1 Å². The number of carboxylic acid groups (broad SMARTS) is 1. The van der Waals surface area contributed by atoms with Gasteiger partial charge in [0.15, 0.2) is 0 Å². The molecule has 2 N–H and O–H groups in total. The average Bonchev–Trinajstić information content (AvgIpc) is 3.64. The number of hydrogen-bond acceptors (Lipinski definition) is 3. The van der Waals surface area contributed by atoms with E-state index in [0.29, 0.717) is 11.7 Å². The molecule has 0 amide bonds. The molecule has 1 fully saturated rings. The Kier molecular flexibility index (Phi) is 5.12. The van der Waals surface area contributed by atoms with E-state index < -0.39 is 5.97 Å². The zero-order chi connectivity index (χ0) is 22.1. The van der Waals surface area contributed by atoms with Gasteiger partial charge in [-0.25, -0.2) is 4.79 Å². The molecule has 0 saturated heterocycles. The van der Waals surface area contributed by atoms with Crippen LogP contribution in [0, 0.1) is 0 Å². The molecule has 4 nitrogen and oxygen atoms in total. The molecule has 0 heterocycles. The molecular weight excluding hydrogens is 400 g/mol. The molecule has 0 unspecified atom stereocenters. The molecule has 1 aliphatic carbocycles. The summed E-state index contributed by atoms with van der Waals surface area (Å²) in [6.45, 7) is 0. The van der Waals surface area contributed by atoms with E-state index in [-0.39, 0.29) is 5.75 Å². The van der Waals surface area contributed by atoms with Crippen molar-refractivity contribution in [2.24, 2.45) is 0 Å². The number of fused-ring (bicyclic) bond motifs is 1. The van der Waals surface area contributed by atoms with Gasteiger partial charge in [0.05, 0.1) is 0 Å². The van der Waals surface area contributed by atoms with Crippen LogP contribution in [0.4, 0.5) is 0 Å². The highest BCUT2D eigenvalue weighted by Gasteiger charge is 2.29. The minimum atomic E-state index is -0.982. The van der Waals surface area contributed by atoms with E-state index in [9.17, 15) is 9.90 Å². The molecule has 4 aromatic rings. The van der Waals surface area contributed by atoms with Gasteiger partial charge < -0.3 is 14.9 Å². The zero-order valence-corrected chi connectivity index (χ0v) is 17.4. The highest BCUT2D eigenvalue weighted by molar-refractivity contribution is 5.98. The lowest BCUT2D eigenvalue weighted by atomic mass is 9.91. The van der Waals surface area contributed by atoms with E-state index in [0.717, 1.165) is 52.1 Å². The van der Waals surface area contributed by atoms with E-state index in [1.54, 1.807) is 18.2 Å². The third-order valence-corrected chi connectivity index (χ3v) is 5.70. The number of carboxylic acids is 1. The highest BCUT2D eigenvalue weighted by Crippen LogP contribution is 2.51. The van der Waals surface area contributed by atoms with Crippen molar-refractivity contribution in [2.45, 2.75) is 18.8 Å². The Balaban J connectivity index is 1.66. The van der Waals surface area contributed by atoms with Crippen LogP contribution in [0.25, 0.3) is 28.0 Å². The molecule has 0 radical (unpaired) electrons. The maximum absolute atomic E-state index is 10.8. The smallest absolute Gasteiger partial charge is 0.328 e. The van der Waals surface area contributed by atoms with Gasteiger partial charge in [-0.15, -0.1) is 0 Å². The average molecular weight is 422 g/mol. The molecule has 0 bridgehead atoms. The molecular formula is C28H22O4. The maximum Gasteiger partial charge on any atom is 0.328 e. The second-order valence-electron chi connectivity index (χ2n) is 8.06. The number of phenolic OH excluding ortho intramolecular Hbond substituents is 1. The lowest BCUT2D eigenvalue weighted by molar-refractivity contribution is -0.131. The van der Waals surface area contributed by atoms with Crippen molar-refractivity contribution >= 4 is 22.8 Å². The first kappa shape index (κ1) is 19.9. The Morgan fingerprint density at radius 2 is 1.69 bits per heavy atom. The van der Waals surface area contributed by atoms with E-state index in [4.69, 9.17) is 9.84 Å². The van der Waals surface area contributed by atoms with E-state index in [2.05, 4.69) is 18.2 Å². The summed E-state index contributed by atoms with van der Waals surface area (Å²) < 4.78 is 6.49. The summed E-state index contributed by atoms with van der Waals surface area (Å²) in [5, 5.41) is 20.8. The monoisotopic (exact) mass is 422 g/mol. The maximum atomic E-state index is 10.8. The van der Waals surface area contributed by atoms with Crippen LogP contribution >= 0.6 is 0 Å². The standard InChI is InChI=1S/C28H22O4/c29-22-11-14-24-21(16-22)17-25(19-9-10-19)27(20-4-2-1-3-5-20)28(24)32-23-12-6-18(7-13-23)8-15-26(30)31/h1-8,11-17,19,29H,9-10H2,(H,30,31). The number of aliphatic carboxylic acids is 1. The highest BCUT2D eigenvalue weighted by atomic mass is 16.5. The van der Waals surface area contributed by atoms with Gasteiger partial charge in [-0.2, -0.15) is 0 Å². The quantitative estimate of drug-likeness (QED) is 0.329. The molecule has 0 spiro atoms. The van der Waals surface area contributed by atoms with Gasteiger partial charge in [-0.3, -0.25) is 0 Å². The fourth-order valence-electron chi connectivity index (χ4n) is 4.04. The van der Waals surface area contributed by atoms with Crippen molar-refractivity contribution < 1.29 is 19.7 Å². The SMILES string of the molecule is O=C(O)C=Cc1ccc(Oc2c(-c3ccccc3)c(C3CC3)cc3cc(O)ccc23)cc1. The lowest BCUT2D eigenvalue weighted by Crippen LogP contribution is -1.96. The van der Waals surface area contributed by atoms with Gasteiger partial charge in [-0.05, 0) is 83.3 Å². The summed E-state index contributed by atoms with van der Waals surface area (Å²) in [6.07, 6.45) is 4.96. The Morgan fingerprint density at radius 1 is 0.938 bits per heavy atom. The van der Waals surface area contributed by atoms with Gasteiger partial charge in [0.2, 0.25) is 0 Å². The summed E-state index contributed by atoms with van der Waals surface area (Å²) in [7, 11) is 0. The van der Waals surface area contributed by atoms with Crippen LogP contribution in [0.1, 0.15) is 29.9 Å². The van der Waals surface area contributed by atoms with Crippen molar-refractivity contribution in [3.63, 3.8) is 0 Å². The number of benzene rings is 4. The zero-order valence-electron chi connectivity index (χ0n) is 17.4. The molecule has 5 rings (SSSR count). The number of rotatable bonds is 6. The first-order valence-electron chi connectivity index (χ1n) is 10.6. The molecule has 1 saturated carbocycles. The normalized spacial score (nSPS) is 13.5. The van der Waals surface area contributed by atoms with Gasteiger partial charge in [0.1, 0.15) is 17.2 Å². The largest absolute Gasteiger partial charge is 0.508 e. The minimum Gasteiger partial charge on any atom is -0.508 e. The minimum absolute atomic E-state index is 0.229. The van der Waals surface area contributed by atoms with Crippen LogP contribution in [0.5, 0.6) is 17.2 Å². The summed E-state index contributed by atoms with van der Waals surface area (Å²) >= 11 is 0. The molecule has 0 aromatic heterocycles. The Morgan fingerprint density at radius 3 is 2.38 bits per heavy atom. The summed E-state index contributed by atoms with van der Waals surface area (Å²) in [6, 6.07) is 25.1. The number of ether oxygens (including phenoxy) is 1. The number of phenols is 1. The first-order chi connectivity index (χ1) is 15.6. The van der Waals surface area contributed by atoms with Crippen molar-refractivity contribution in [3.8, 4) is 28.4 Å². The van der Waals surface area contributed by atoms with Crippen molar-refractivity contribution in [2.75, 3.05) is 0 Å². The van der Waals surface area contributed by atoms with Crippen molar-refractivity contribution in [1.82, 2.24) is 0 Å². The second-order valence-corrected chi connectivity index (χ2v) is 8.06. The van der Waals surface area contributed by atoms with Crippen LogP contribution in [0.15, 0.2) is 84.9 Å². The molecule has 158 valence electrons. The van der Waals surface area contributed by atoms with Crippen LogP contribution in [0.2, 0.25) is 0 Å². The molecule has 1 aliphatic rings. The Bertz CT molecular complexity index is 1320. The van der Waals surface area contributed by atoms with Crippen LogP contribution in [0.3, 0.4) is 0 Å². The predicted octanol–water partition coefficient (Wildman–Crippen LogP) is 6.98. The molecule has 32 heavy (non-hydrogen) atoms. The predicted molar refractivity (Wildman–Crippen MR) is 126 cm³/mol. The fraction of sp³-hybridized carbons (Fsp3) is 0.107. The van der Waals surface area contributed by atoms with E-state index in [1.165, 1.54) is 5.56 Å². The van der Waals surface area contributed by atoms with E-state index in [1.807, 2.05) is 48.5 Å². The number of carbonyl (C=O) groups is 1. The van der Waals surface area contributed by atoms with Gasteiger partial charge >= 0.3 is 5.97 Å². The Labute approximate surface area is 186 Å². The van der Waals surface area contributed by atoms with Gasteiger partial charge in [-0.1, -0.05) is 42.5 Å². The molecule has 4 aromatic carbocycles. The van der Waals surface area contributed by atoms with Gasteiger partial charge in [0, 0.05) is 17.0 Å². The van der Waals surface area contributed by atoms with Crippen LogP contribution in [-0.4, -0.2) is 16.2 Å². The fourth-order valence-corrected chi connectivity index (χ4v) is 4.04. The topological polar surface area (TPSA) is 66.8 Å². The summed E-state index contributed by atoms with van der Waals surface area (Å²) in [5.41, 5.74) is 4.20. The van der Waals surface area contributed by atoms with Crippen LogP contribution < -0.4 is 4.74 Å². The lowest BCUT2D eigenvalue weighted by Gasteiger charge is -2.19. The number of aromatic hydroxyl groups is 1. The third-order valence-electron chi connectivity index (χ3n) is 5.70.